The summed E-state index contributed by atoms with van der Waals surface area (Å²) in [7, 11) is 1.71. The van der Waals surface area contributed by atoms with Crippen molar-refractivity contribution in [2.75, 3.05) is 20.3 Å². The first-order valence-corrected chi connectivity index (χ1v) is 5.54. The molecule has 0 atom stereocenters. The van der Waals surface area contributed by atoms with Crippen molar-refractivity contribution in [1.29, 1.82) is 0 Å². The molecule has 3 nitrogen and oxygen atoms in total. The van der Waals surface area contributed by atoms with Crippen LogP contribution in [0.5, 0.6) is 5.75 Å². The lowest BCUT2D eigenvalue weighted by atomic mass is 10.1. The van der Waals surface area contributed by atoms with E-state index in [-0.39, 0.29) is 5.60 Å². The predicted molar refractivity (Wildman–Crippen MR) is 65.8 cm³/mol. The Morgan fingerprint density at radius 2 is 1.81 bits per heavy atom. The van der Waals surface area contributed by atoms with Gasteiger partial charge >= 0.3 is 0 Å². The molecule has 0 aliphatic carbocycles. The SMILES string of the molecule is COCCc1ccc(OC(C)(C)CN)cc1. The molecule has 16 heavy (non-hydrogen) atoms. The highest BCUT2D eigenvalue weighted by atomic mass is 16.5. The van der Waals surface area contributed by atoms with Crippen molar-refractivity contribution in [3.05, 3.63) is 29.8 Å². The van der Waals surface area contributed by atoms with E-state index in [0.29, 0.717) is 6.54 Å². The van der Waals surface area contributed by atoms with Gasteiger partial charge in [0.2, 0.25) is 0 Å². The molecule has 0 fully saturated rings. The van der Waals surface area contributed by atoms with Gasteiger partial charge in [-0.25, -0.2) is 0 Å². The van der Waals surface area contributed by atoms with E-state index in [1.807, 2.05) is 26.0 Å². The zero-order valence-electron chi connectivity index (χ0n) is 10.3. The maximum atomic E-state index is 5.75. The molecule has 1 rings (SSSR count). The lowest BCUT2D eigenvalue weighted by molar-refractivity contribution is 0.119. The second kappa shape index (κ2) is 5.87. The van der Waals surface area contributed by atoms with Crippen LogP contribution in [0.15, 0.2) is 24.3 Å². The van der Waals surface area contributed by atoms with E-state index in [4.69, 9.17) is 15.2 Å². The van der Waals surface area contributed by atoms with Gasteiger partial charge in [0.15, 0.2) is 0 Å². The zero-order valence-corrected chi connectivity index (χ0v) is 10.3. The maximum absolute atomic E-state index is 5.75. The minimum Gasteiger partial charge on any atom is -0.487 e. The monoisotopic (exact) mass is 223 g/mol. The lowest BCUT2D eigenvalue weighted by Gasteiger charge is -2.24. The molecule has 90 valence electrons. The molecule has 0 radical (unpaired) electrons. The first-order chi connectivity index (χ1) is 7.57. The molecule has 1 aromatic carbocycles. The fourth-order valence-electron chi connectivity index (χ4n) is 1.30. The standard InChI is InChI=1S/C13H21NO2/c1-13(2,10-14)16-12-6-4-11(5-7-12)8-9-15-3/h4-7H,8-10,14H2,1-3H3. The minimum atomic E-state index is -0.311. The summed E-state index contributed by atoms with van der Waals surface area (Å²) < 4.78 is 10.8. The maximum Gasteiger partial charge on any atom is 0.120 e. The normalized spacial score (nSPS) is 11.5. The topological polar surface area (TPSA) is 44.5 Å². The molecule has 3 heteroatoms. The molecular weight excluding hydrogens is 202 g/mol. The van der Waals surface area contributed by atoms with E-state index < -0.39 is 0 Å². The highest BCUT2D eigenvalue weighted by Gasteiger charge is 2.16. The number of hydrogen-bond acceptors (Lipinski definition) is 3. The fraction of sp³-hybridized carbons (Fsp3) is 0.538. The number of methoxy groups -OCH3 is 1. The summed E-state index contributed by atoms with van der Waals surface area (Å²) in [5.41, 5.74) is 6.55. The van der Waals surface area contributed by atoms with Gasteiger partial charge in [0.1, 0.15) is 11.4 Å². The molecule has 0 bridgehead atoms. The van der Waals surface area contributed by atoms with Crippen molar-refractivity contribution in [2.45, 2.75) is 25.9 Å². The molecule has 0 heterocycles. The molecule has 0 aliphatic rings. The predicted octanol–water partition coefficient (Wildman–Crippen LogP) is 1.99. The summed E-state index contributed by atoms with van der Waals surface area (Å²) in [5.74, 6) is 0.858. The van der Waals surface area contributed by atoms with Crippen LogP contribution >= 0.6 is 0 Å². The number of hydrogen-bond donors (Lipinski definition) is 1. The highest BCUT2D eigenvalue weighted by Crippen LogP contribution is 2.18. The molecule has 0 aromatic heterocycles. The molecule has 2 N–H and O–H groups in total. The molecule has 1 aromatic rings. The minimum absolute atomic E-state index is 0.311. The smallest absolute Gasteiger partial charge is 0.120 e. The summed E-state index contributed by atoms with van der Waals surface area (Å²) in [5, 5.41) is 0. The van der Waals surface area contributed by atoms with Crippen LogP contribution in [0.1, 0.15) is 19.4 Å². The van der Waals surface area contributed by atoms with Crippen LogP contribution in [0.25, 0.3) is 0 Å². The zero-order chi connectivity index (χ0) is 12.0. The van der Waals surface area contributed by atoms with Gasteiger partial charge in [0, 0.05) is 13.7 Å². The Morgan fingerprint density at radius 3 is 2.31 bits per heavy atom. The molecule has 0 aliphatic heterocycles. The first-order valence-electron chi connectivity index (χ1n) is 5.54. The summed E-state index contributed by atoms with van der Waals surface area (Å²) in [6, 6.07) is 8.06. The van der Waals surface area contributed by atoms with Crippen molar-refractivity contribution < 1.29 is 9.47 Å². The van der Waals surface area contributed by atoms with E-state index in [1.165, 1.54) is 5.56 Å². The third-order valence-electron chi connectivity index (χ3n) is 2.40. The van der Waals surface area contributed by atoms with Gasteiger partial charge in [-0.15, -0.1) is 0 Å². The lowest BCUT2D eigenvalue weighted by Crippen LogP contribution is -2.37. The Morgan fingerprint density at radius 1 is 1.19 bits per heavy atom. The van der Waals surface area contributed by atoms with Gasteiger partial charge in [0.05, 0.1) is 6.61 Å². The number of rotatable bonds is 6. The van der Waals surface area contributed by atoms with E-state index >= 15 is 0 Å². The van der Waals surface area contributed by atoms with Crippen molar-refractivity contribution in [3.8, 4) is 5.75 Å². The van der Waals surface area contributed by atoms with Crippen LogP contribution in [0.3, 0.4) is 0 Å². The fourth-order valence-corrected chi connectivity index (χ4v) is 1.30. The quantitative estimate of drug-likeness (QED) is 0.802. The van der Waals surface area contributed by atoms with Crippen LogP contribution in [-0.2, 0) is 11.2 Å². The van der Waals surface area contributed by atoms with Gasteiger partial charge in [0.25, 0.3) is 0 Å². The molecule has 0 unspecified atom stereocenters. The van der Waals surface area contributed by atoms with Crippen LogP contribution in [0.2, 0.25) is 0 Å². The van der Waals surface area contributed by atoms with Gasteiger partial charge < -0.3 is 15.2 Å². The van der Waals surface area contributed by atoms with Crippen LogP contribution in [-0.4, -0.2) is 25.9 Å². The second-order valence-electron chi connectivity index (χ2n) is 4.45. The Balaban J connectivity index is 2.57. The van der Waals surface area contributed by atoms with Crippen molar-refractivity contribution >= 4 is 0 Å². The number of ether oxygens (including phenoxy) is 2. The highest BCUT2D eigenvalue weighted by molar-refractivity contribution is 5.28. The van der Waals surface area contributed by atoms with Gasteiger partial charge in [-0.05, 0) is 38.0 Å². The van der Waals surface area contributed by atoms with Gasteiger partial charge in [-0.1, -0.05) is 12.1 Å². The van der Waals surface area contributed by atoms with E-state index in [0.717, 1.165) is 18.8 Å². The van der Waals surface area contributed by atoms with Gasteiger partial charge in [-0.3, -0.25) is 0 Å². The molecule has 0 spiro atoms. The first kappa shape index (κ1) is 13.0. The number of nitrogens with two attached hydrogens (primary N) is 1. The summed E-state index contributed by atoms with van der Waals surface area (Å²) >= 11 is 0. The molecular formula is C13H21NO2. The van der Waals surface area contributed by atoms with Crippen molar-refractivity contribution in [2.24, 2.45) is 5.73 Å². The summed E-state index contributed by atoms with van der Waals surface area (Å²) in [4.78, 5) is 0. The van der Waals surface area contributed by atoms with E-state index in [9.17, 15) is 0 Å². The van der Waals surface area contributed by atoms with Crippen LogP contribution in [0, 0.1) is 0 Å². The largest absolute Gasteiger partial charge is 0.487 e. The third kappa shape index (κ3) is 4.21. The Bertz CT molecular complexity index is 306. The van der Waals surface area contributed by atoms with E-state index in [1.54, 1.807) is 7.11 Å². The average Bonchev–Trinajstić information content (AvgIpc) is 2.28. The molecule has 0 amide bonds. The van der Waals surface area contributed by atoms with Gasteiger partial charge in [-0.2, -0.15) is 0 Å². The number of benzene rings is 1. The molecule has 0 saturated carbocycles. The summed E-state index contributed by atoms with van der Waals surface area (Å²) in [6.45, 7) is 5.20. The Kier molecular flexibility index (Phi) is 4.77. The Labute approximate surface area is 97.6 Å². The van der Waals surface area contributed by atoms with Crippen molar-refractivity contribution in [3.63, 3.8) is 0 Å². The Hall–Kier alpha value is -1.06. The van der Waals surface area contributed by atoms with Crippen LogP contribution in [0.4, 0.5) is 0 Å². The second-order valence-corrected chi connectivity index (χ2v) is 4.45. The van der Waals surface area contributed by atoms with Crippen molar-refractivity contribution in [1.82, 2.24) is 0 Å². The molecule has 0 saturated heterocycles. The van der Waals surface area contributed by atoms with Crippen LogP contribution < -0.4 is 10.5 Å². The third-order valence-corrected chi connectivity index (χ3v) is 2.40. The average molecular weight is 223 g/mol. The van der Waals surface area contributed by atoms with E-state index in [2.05, 4.69) is 12.1 Å². The summed E-state index contributed by atoms with van der Waals surface area (Å²) in [6.07, 6.45) is 0.928.